The molecule has 0 spiro atoms. The zero-order valence-electron chi connectivity index (χ0n) is 8.57. The van der Waals surface area contributed by atoms with E-state index in [0.29, 0.717) is 17.2 Å². The average Bonchev–Trinajstić information content (AvgIpc) is 2.28. The van der Waals surface area contributed by atoms with Crippen LogP contribution in [0.4, 0.5) is 5.69 Å². The highest BCUT2D eigenvalue weighted by atomic mass is 16.5. The average molecular weight is 201 g/mol. The lowest BCUT2D eigenvalue weighted by molar-refractivity contribution is 0.398. The molecule has 0 saturated heterocycles. The van der Waals surface area contributed by atoms with Gasteiger partial charge >= 0.3 is 0 Å². The monoisotopic (exact) mass is 201 g/mol. The standard InChI is InChI=1S/C11H10N2O2/c1-13-11-9(14-2)6-8(4-5-12)7-10(11)15-3/h6-7H,4H2,2-3H3/i1-1. The normalized spacial score (nSPS) is 8.80. The van der Waals surface area contributed by atoms with Crippen LogP contribution in [-0.4, -0.2) is 14.2 Å². The van der Waals surface area contributed by atoms with Crippen LogP contribution in [0.1, 0.15) is 5.56 Å². The van der Waals surface area contributed by atoms with Gasteiger partial charge in [-0.05, 0) is 17.7 Å². The number of rotatable bonds is 3. The van der Waals surface area contributed by atoms with Gasteiger partial charge in [-0.2, -0.15) is 5.26 Å². The van der Waals surface area contributed by atoms with Gasteiger partial charge in [0.15, 0.2) is 0 Å². The number of hydrogen-bond acceptors (Lipinski definition) is 3. The van der Waals surface area contributed by atoms with E-state index < -0.39 is 0 Å². The Labute approximate surface area is 88.5 Å². The second-order valence-corrected chi connectivity index (χ2v) is 2.80. The molecule has 1 aromatic carbocycles. The van der Waals surface area contributed by atoms with Crippen LogP contribution in [-0.2, 0) is 6.42 Å². The molecular weight excluding hydrogens is 191 g/mol. The lowest BCUT2D eigenvalue weighted by Gasteiger charge is -2.09. The highest BCUT2D eigenvalue weighted by molar-refractivity contribution is 5.68. The van der Waals surface area contributed by atoms with Gasteiger partial charge in [-0.3, -0.25) is 0 Å². The molecule has 0 saturated carbocycles. The van der Waals surface area contributed by atoms with Crippen molar-refractivity contribution < 1.29 is 9.47 Å². The summed E-state index contributed by atoms with van der Waals surface area (Å²) in [6.45, 7) is 7.00. The molecular formula is C11H10N2O2. The van der Waals surface area contributed by atoms with Gasteiger partial charge in [-0.15, -0.1) is 0 Å². The first-order valence-electron chi connectivity index (χ1n) is 4.26. The maximum atomic E-state index is 8.58. The number of methoxy groups -OCH3 is 2. The van der Waals surface area contributed by atoms with Crippen molar-refractivity contribution in [1.29, 1.82) is 5.26 Å². The molecule has 0 aliphatic heterocycles. The molecule has 15 heavy (non-hydrogen) atoms. The van der Waals surface area contributed by atoms with Crippen LogP contribution in [0.25, 0.3) is 4.85 Å². The van der Waals surface area contributed by atoms with Crippen LogP contribution in [0.5, 0.6) is 11.5 Å². The number of nitrogens with zero attached hydrogens (tertiary/aromatic N) is 2. The summed E-state index contributed by atoms with van der Waals surface area (Å²) in [6, 6.07) is 5.39. The van der Waals surface area contributed by atoms with E-state index in [1.165, 1.54) is 14.2 Å². The van der Waals surface area contributed by atoms with E-state index in [0.717, 1.165) is 5.56 Å². The second-order valence-electron chi connectivity index (χ2n) is 2.80. The van der Waals surface area contributed by atoms with Crippen molar-refractivity contribution in [2.24, 2.45) is 0 Å². The zero-order chi connectivity index (χ0) is 11.3. The molecule has 0 radical (unpaired) electrons. The molecule has 0 amide bonds. The summed E-state index contributed by atoms with van der Waals surface area (Å²) in [7, 11) is 2.97. The molecule has 1 aromatic rings. The minimum atomic E-state index is 0.269. The van der Waals surface area contributed by atoms with Gasteiger partial charge in [0.05, 0.1) is 33.3 Å². The molecule has 0 N–H and O–H groups in total. The molecule has 4 heteroatoms. The van der Waals surface area contributed by atoms with Crippen LogP contribution in [0.3, 0.4) is 0 Å². The summed E-state index contributed by atoms with van der Waals surface area (Å²) in [6.07, 6.45) is 0.269. The topological polar surface area (TPSA) is 46.6 Å². The summed E-state index contributed by atoms with van der Waals surface area (Å²) in [5, 5.41) is 8.58. The number of hydrogen-bond donors (Lipinski definition) is 0. The summed E-state index contributed by atoms with van der Waals surface area (Å²) < 4.78 is 10.1. The van der Waals surface area contributed by atoms with Crippen molar-refractivity contribution in [2.75, 3.05) is 14.2 Å². The summed E-state index contributed by atoms with van der Waals surface area (Å²) in [5.74, 6) is 0.879. The molecule has 0 heterocycles. The molecule has 0 unspecified atom stereocenters. The number of nitriles is 1. The zero-order valence-corrected chi connectivity index (χ0v) is 8.57. The fraction of sp³-hybridized carbons (Fsp3) is 0.273. The maximum absolute atomic E-state index is 8.58. The van der Waals surface area contributed by atoms with Crippen molar-refractivity contribution in [3.05, 3.63) is 29.1 Å². The minimum Gasteiger partial charge on any atom is -0.508 e. The van der Waals surface area contributed by atoms with Crippen molar-refractivity contribution in [3.8, 4) is 17.6 Å². The van der Waals surface area contributed by atoms with Gasteiger partial charge in [-0.1, -0.05) is 0 Å². The molecule has 0 fully saturated rings. The van der Waals surface area contributed by atoms with Crippen LogP contribution in [0.15, 0.2) is 12.1 Å². The molecule has 0 bridgehead atoms. The molecule has 76 valence electrons. The third-order valence-corrected chi connectivity index (χ3v) is 1.93. The van der Waals surface area contributed by atoms with Crippen LogP contribution < -0.4 is 9.47 Å². The van der Waals surface area contributed by atoms with Crippen molar-refractivity contribution in [3.63, 3.8) is 0 Å². The molecule has 4 nitrogen and oxygen atoms in total. The fourth-order valence-corrected chi connectivity index (χ4v) is 1.25. The molecule has 0 aromatic heterocycles. The third kappa shape index (κ3) is 2.18. The van der Waals surface area contributed by atoms with Crippen molar-refractivity contribution in [1.82, 2.24) is 0 Å². The second kappa shape index (κ2) is 4.88. The van der Waals surface area contributed by atoms with Crippen molar-refractivity contribution >= 4 is 5.69 Å². The largest absolute Gasteiger partial charge is 0.508 e. The first kappa shape index (κ1) is 10.9. The number of benzene rings is 1. The van der Waals surface area contributed by atoms with Crippen LogP contribution in [0, 0.1) is 17.9 Å². The molecule has 0 aliphatic carbocycles. The lowest BCUT2D eigenvalue weighted by Crippen LogP contribution is -1.91. The van der Waals surface area contributed by atoms with Gasteiger partial charge < -0.3 is 9.47 Å². The Hall–Kier alpha value is -2.20. The van der Waals surface area contributed by atoms with E-state index in [4.69, 9.17) is 21.3 Å². The predicted molar refractivity (Wildman–Crippen MR) is 55.1 cm³/mol. The van der Waals surface area contributed by atoms with Crippen LogP contribution >= 0.6 is 0 Å². The summed E-state index contributed by atoms with van der Waals surface area (Å²) in [5.41, 5.74) is 1.11. The van der Waals surface area contributed by atoms with E-state index >= 15 is 0 Å². The van der Waals surface area contributed by atoms with E-state index in [1.54, 1.807) is 12.1 Å². The Balaban J connectivity index is 3.32. The van der Waals surface area contributed by atoms with E-state index in [1.807, 2.05) is 6.07 Å². The SMILES string of the molecule is COc1cc(CC#N)cc(OC)c1[N+]#[11C-]. The van der Waals surface area contributed by atoms with E-state index in [-0.39, 0.29) is 6.42 Å². The predicted octanol–water partition coefficient (Wildman–Crippen LogP) is 2.32. The van der Waals surface area contributed by atoms with Gasteiger partial charge in [0.2, 0.25) is 0 Å². The first-order valence-corrected chi connectivity index (χ1v) is 4.26. The molecule has 1 rings (SSSR count). The Morgan fingerprint density at radius 1 is 1.33 bits per heavy atom. The van der Waals surface area contributed by atoms with Crippen LogP contribution in [0.2, 0.25) is 0 Å². The smallest absolute Gasteiger partial charge is 0.268 e. The summed E-state index contributed by atoms with van der Waals surface area (Å²) in [4.78, 5) is 3.33. The highest BCUT2D eigenvalue weighted by Gasteiger charge is 2.12. The van der Waals surface area contributed by atoms with Gasteiger partial charge in [0, 0.05) is 0 Å². The van der Waals surface area contributed by atoms with E-state index in [2.05, 4.69) is 4.85 Å². The Kier molecular flexibility index (Phi) is 3.54. The Morgan fingerprint density at radius 3 is 2.20 bits per heavy atom. The van der Waals surface area contributed by atoms with Gasteiger partial charge in [0.1, 0.15) is 11.5 Å². The highest BCUT2D eigenvalue weighted by Crippen LogP contribution is 2.38. The third-order valence-electron chi connectivity index (χ3n) is 1.93. The fourth-order valence-electron chi connectivity index (χ4n) is 1.25. The maximum Gasteiger partial charge on any atom is 0.268 e. The Bertz CT molecular complexity index is 416. The number of ether oxygens (including phenoxy) is 2. The quantitative estimate of drug-likeness (QED) is 0.705. The molecule has 0 aliphatic rings. The first-order chi connectivity index (χ1) is 7.26. The van der Waals surface area contributed by atoms with Gasteiger partial charge in [-0.25, -0.2) is 4.85 Å². The molecule has 0 atom stereocenters. The minimum absolute atomic E-state index is 0.269. The Morgan fingerprint density at radius 2 is 1.87 bits per heavy atom. The van der Waals surface area contributed by atoms with Crippen molar-refractivity contribution in [2.45, 2.75) is 6.42 Å². The summed E-state index contributed by atoms with van der Waals surface area (Å²) >= 11 is 0. The lowest BCUT2D eigenvalue weighted by atomic mass is 10.1. The van der Waals surface area contributed by atoms with E-state index in [9.17, 15) is 0 Å². The van der Waals surface area contributed by atoms with Gasteiger partial charge in [0.25, 0.3) is 5.69 Å².